The molecule has 0 bridgehead atoms. The van der Waals surface area contributed by atoms with Gasteiger partial charge < -0.3 is 25.2 Å². The highest BCUT2D eigenvalue weighted by atomic mass is 16.5. The van der Waals surface area contributed by atoms with E-state index in [1.807, 2.05) is 12.3 Å². The largest absolute Gasteiger partial charge is 0.493 e. The van der Waals surface area contributed by atoms with E-state index in [4.69, 9.17) is 9.73 Å². The summed E-state index contributed by atoms with van der Waals surface area (Å²) in [6, 6.07) is 10.7. The van der Waals surface area contributed by atoms with Gasteiger partial charge in [0.15, 0.2) is 5.96 Å². The van der Waals surface area contributed by atoms with Crippen LogP contribution in [0.4, 0.5) is 5.82 Å². The van der Waals surface area contributed by atoms with E-state index >= 15 is 0 Å². The Morgan fingerprint density at radius 2 is 2.03 bits per heavy atom. The minimum Gasteiger partial charge on any atom is -0.493 e. The normalized spacial score (nSPS) is 16.7. The number of fused-ring (bicyclic) bond motifs is 1. The fraction of sp³-hybridized carbons (Fsp3) is 0.500. The van der Waals surface area contributed by atoms with E-state index < -0.39 is 0 Å². The van der Waals surface area contributed by atoms with E-state index in [2.05, 4.69) is 63.7 Å². The predicted molar refractivity (Wildman–Crippen MR) is 126 cm³/mol. The van der Waals surface area contributed by atoms with Crippen molar-refractivity contribution in [3.05, 3.63) is 53.2 Å². The molecule has 0 spiro atoms. The van der Waals surface area contributed by atoms with Crippen LogP contribution in [-0.2, 0) is 19.4 Å². The van der Waals surface area contributed by atoms with Crippen LogP contribution in [0.5, 0.6) is 5.75 Å². The van der Waals surface area contributed by atoms with Gasteiger partial charge >= 0.3 is 0 Å². The molecule has 1 fully saturated rings. The van der Waals surface area contributed by atoms with Gasteiger partial charge in [0, 0.05) is 57.4 Å². The van der Waals surface area contributed by atoms with E-state index in [9.17, 15) is 0 Å². The molecule has 0 amide bonds. The van der Waals surface area contributed by atoms with Crippen LogP contribution in [0.1, 0.15) is 23.6 Å². The summed E-state index contributed by atoms with van der Waals surface area (Å²) in [5.41, 5.74) is 3.83. The van der Waals surface area contributed by atoms with Crippen LogP contribution in [0, 0.1) is 0 Å². The Hall–Kier alpha value is -2.80. The first-order chi connectivity index (χ1) is 15.2. The zero-order valence-electron chi connectivity index (χ0n) is 18.7. The molecule has 4 rings (SSSR count). The number of anilines is 1. The van der Waals surface area contributed by atoms with Crippen LogP contribution in [0.2, 0.25) is 0 Å². The van der Waals surface area contributed by atoms with Crippen molar-refractivity contribution in [1.82, 2.24) is 20.5 Å². The lowest BCUT2D eigenvalue weighted by molar-refractivity contribution is 0.312. The van der Waals surface area contributed by atoms with Crippen LogP contribution < -0.4 is 20.3 Å². The topological polar surface area (TPSA) is 65.0 Å². The number of likely N-dealkylation sites (N-methyl/N-ethyl adjacent to an activating group) is 1. The predicted octanol–water partition coefficient (Wildman–Crippen LogP) is 2.07. The van der Waals surface area contributed by atoms with E-state index in [0.717, 1.165) is 76.2 Å². The number of nitrogens with zero attached hydrogens (tertiary/aromatic N) is 4. The van der Waals surface area contributed by atoms with Gasteiger partial charge in [-0.1, -0.05) is 18.2 Å². The van der Waals surface area contributed by atoms with Crippen LogP contribution in [0.3, 0.4) is 0 Å². The van der Waals surface area contributed by atoms with Crippen molar-refractivity contribution in [2.24, 2.45) is 4.99 Å². The Morgan fingerprint density at radius 1 is 1.16 bits per heavy atom. The fourth-order valence-electron chi connectivity index (χ4n) is 4.08. The third kappa shape index (κ3) is 5.67. The SMILES string of the molecule is CCNC(=NCc1cccnc1N1CCN(C)CC1)NCCc1ccc2c(c1)CCO2. The smallest absolute Gasteiger partial charge is 0.191 e. The van der Waals surface area contributed by atoms with Crippen LogP contribution >= 0.6 is 0 Å². The van der Waals surface area contributed by atoms with Crippen molar-refractivity contribution in [2.45, 2.75) is 26.3 Å². The second kappa shape index (κ2) is 10.5. The van der Waals surface area contributed by atoms with Gasteiger partial charge in [-0.2, -0.15) is 0 Å². The van der Waals surface area contributed by atoms with Crippen molar-refractivity contribution in [1.29, 1.82) is 0 Å². The molecule has 0 saturated carbocycles. The molecule has 166 valence electrons. The summed E-state index contributed by atoms with van der Waals surface area (Å²) in [6.45, 7) is 9.33. The van der Waals surface area contributed by atoms with Crippen LogP contribution in [-0.4, -0.2) is 68.8 Å². The van der Waals surface area contributed by atoms with E-state index in [-0.39, 0.29) is 0 Å². The number of benzene rings is 1. The molecule has 0 atom stereocenters. The van der Waals surface area contributed by atoms with Crippen molar-refractivity contribution in [3.63, 3.8) is 0 Å². The Morgan fingerprint density at radius 3 is 2.87 bits per heavy atom. The lowest BCUT2D eigenvalue weighted by Crippen LogP contribution is -2.45. The third-order valence-electron chi connectivity index (χ3n) is 5.88. The zero-order valence-corrected chi connectivity index (χ0v) is 18.7. The van der Waals surface area contributed by atoms with Crippen LogP contribution in [0.25, 0.3) is 0 Å². The number of pyridine rings is 1. The van der Waals surface area contributed by atoms with Gasteiger partial charge in [0.05, 0.1) is 13.2 Å². The molecule has 0 radical (unpaired) electrons. The maximum atomic E-state index is 5.61. The molecule has 3 heterocycles. The van der Waals surface area contributed by atoms with Crippen molar-refractivity contribution in [2.75, 3.05) is 57.8 Å². The summed E-state index contributed by atoms with van der Waals surface area (Å²) in [5, 5.41) is 6.84. The lowest BCUT2D eigenvalue weighted by atomic mass is 10.1. The van der Waals surface area contributed by atoms with Gasteiger partial charge in [-0.05, 0) is 43.7 Å². The standard InChI is InChI=1S/C24H34N6O/c1-3-25-24(27-11-8-19-6-7-22-20(17-19)9-16-31-22)28-18-21-5-4-10-26-23(21)30-14-12-29(2)13-15-30/h4-7,10,17H,3,8-9,11-16,18H2,1-2H3,(H2,25,27,28). The van der Waals surface area contributed by atoms with Gasteiger partial charge in [0.25, 0.3) is 0 Å². The number of piperazine rings is 1. The highest BCUT2D eigenvalue weighted by molar-refractivity contribution is 5.79. The number of hydrogen-bond donors (Lipinski definition) is 2. The monoisotopic (exact) mass is 422 g/mol. The number of nitrogens with one attached hydrogen (secondary N) is 2. The summed E-state index contributed by atoms with van der Waals surface area (Å²) < 4.78 is 5.61. The van der Waals surface area contributed by atoms with Crippen molar-refractivity contribution in [3.8, 4) is 5.75 Å². The van der Waals surface area contributed by atoms with Crippen molar-refractivity contribution >= 4 is 11.8 Å². The zero-order chi connectivity index (χ0) is 21.5. The molecule has 0 unspecified atom stereocenters. The molecule has 7 heteroatoms. The molecule has 0 aliphatic carbocycles. The fourth-order valence-corrected chi connectivity index (χ4v) is 4.08. The summed E-state index contributed by atoms with van der Waals surface area (Å²) in [7, 11) is 2.17. The van der Waals surface area contributed by atoms with E-state index in [1.165, 1.54) is 16.7 Å². The number of ether oxygens (including phenoxy) is 1. The first kappa shape index (κ1) is 21.4. The van der Waals surface area contributed by atoms with E-state index in [1.54, 1.807) is 0 Å². The molecule has 7 nitrogen and oxygen atoms in total. The molecule has 31 heavy (non-hydrogen) atoms. The Balaban J connectivity index is 1.36. The summed E-state index contributed by atoms with van der Waals surface area (Å²) in [5.74, 6) is 2.95. The molecular weight excluding hydrogens is 388 g/mol. The number of hydrogen-bond acceptors (Lipinski definition) is 5. The second-order valence-corrected chi connectivity index (χ2v) is 8.19. The quantitative estimate of drug-likeness (QED) is 0.526. The Kier molecular flexibility index (Phi) is 7.25. The maximum absolute atomic E-state index is 5.61. The molecule has 2 N–H and O–H groups in total. The highest BCUT2D eigenvalue weighted by Crippen LogP contribution is 2.26. The Bertz CT molecular complexity index is 891. The molecule has 1 aromatic carbocycles. The van der Waals surface area contributed by atoms with E-state index in [0.29, 0.717) is 6.54 Å². The Labute approximate surface area is 185 Å². The summed E-state index contributed by atoms with van der Waals surface area (Å²) >= 11 is 0. The lowest BCUT2D eigenvalue weighted by Gasteiger charge is -2.34. The minimum atomic E-state index is 0.612. The summed E-state index contributed by atoms with van der Waals surface area (Å²) in [4.78, 5) is 14.2. The number of rotatable bonds is 7. The van der Waals surface area contributed by atoms with Gasteiger partial charge in [-0.15, -0.1) is 0 Å². The molecule has 1 saturated heterocycles. The van der Waals surface area contributed by atoms with Crippen LogP contribution in [0.15, 0.2) is 41.5 Å². The first-order valence-corrected chi connectivity index (χ1v) is 11.4. The average molecular weight is 423 g/mol. The number of guanidine groups is 1. The molecule has 2 aliphatic rings. The first-order valence-electron chi connectivity index (χ1n) is 11.4. The number of aromatic nitrogens is 1. The van der Waals surface area contributed by atoms with Gasteiger partial charge in [-0.25, -0.2) is 9.98 Å². The molecule has 2 aromatic rings. The molecule has 1 aromatic heterocycles. The minimum absolute atomic E-state index is 0.612. The molecule has 2 aliphatic heterocycles. The second-order valence-electron chi connectivity index (χ2n) is 8.19. The summed E-state index contributed by atoms with van der Waals surface area (Å²) in [6.07, 6.45) is 3.85. The van der Waals surface area contributed by atoms with Gasteiger partial charge in [-0.3, -0.25) is 0 Å². The highest BCUT2D eigenvalue weighted by Gasteiger charge is 2.18. The van der Waals surface area contributed by atoms with Crippen molar-refractivity contribution < 1.29 is 4.74 Å². The molecular formula is C24H34N6O. The average Bonchev–Trinajstić information content (AvgIpc) is 3.26. The maximum Gasteiger partial charge on any atom is 0.191 e. The number of aliphatic imine (C=N–C) groups is 1. The third-order valence-corrected chi connectivity index (χ3v) is 5.88. The van der Waals surface area contributed by atoms with Gasteiger partial charge in [0.2, 0.25) is 0 Å². The van der Waals surface area contributed by atoms with Gasteiger partial charge in [0.1, 0.15) is 11.6 Å².